The second-order valence-corrected chi connectivity index (χ2v) is 10.3. The summed E-state index contributed by atoms with van der Waals surface area (Å²) in [6, 6.07) is 13.4. The van der Waals surface area contributed by atoms with E-state index in [4.69, 9.17) is 4.74 Å². The van der Waals surface area contributed by atoms with E-state index in [0.29, 0.717) is 0 Å². The van der Waals surface area contributed by atoms with Gasteiger partial charge in [-0.2, -0.15) is 0 Å². The van der Waals surface area contributed by atoms with Crippen molar-refractivity contribution in [2.45, 2.75) is 143 Å². The van der Waals surface area contributed by atoms with Gasteiger partial charge in [0.1, 0.15) is 11.5 Å². The molecule has 0 saturated heterocycles. The van der Waals surface area contributed by atoms with E-state index in [0.717, 1.165) is 37.2 Å². The summed E-state index contributed by atoms with van der Waals surface area (Å²) in [5, 5.41) is 0. The third-order valence-electron chi connectivity index (χ3n) is 7.50. The van der Waals surface area contributed by atoms with Crippen LogP contribution in [-0.2, 0) is 25.7 Å². The van der Waals surface area contributed by atoms with E-state index < -0.39 is 0 Å². The van der Waals surface area contributed by atoms with Crippen LogP contribution >= 0.6 is 0 Å². The Balaban J connectivity index is 2.05. The molecule has 0 unspecified atom stereocenters. The van der Waals surface area contributed by atoms with Crippen molar-refractivity contribution in [3.8, 4) is 11.5 Å². The largest absolute Gasteiger partial charge is 0.457 e. The van der Waals surface area contributed by atoms with E-state index in [1.54, 1.807) is 0 Å². The summed E-state index contributed by atoms with van der Waals surface area (Å²) in [4.78, 5) is 0. The van der Waals surface area contributed by atoms with E-state index in [1.807, 2.05) is 0 Å². The van der Waals surface area contributed by atoms with Crippen molar-refractivity contribution < 1.29 is 4.74 Å². The minimum atomic E-state index is 1.07. The molecule has 0 N–H and O–H groups in total. The number of aryl methyl sites for hydroxylation is 2. The summed E-state index contributed by atoms with van der Waals surface area (Å²) in [6.07, 6.45) is 23.3. The zero-order valence-electron chi connectivity index (χ0n) is 23.6. The maximum absolute atomic E-state index is 6.75. The highest BCUT2D eigenvalue weighted by atomic mass is 16.5. The molecule has 0 aliphatic rings. The molecule has 1 nitrogen and oxygen atoms in total. The molecule has 0 aliphatic heterocycles. The Morgan fingerprint density at radius 1 is 0.457 bits per heavy atom. The molecule has 0 heterocycles. The average Bonchev–Trinajstić information content (AvgIpc) is 2.88. The van der Waals surface area contributed by atoms with Gasteiger partial charge < -0.3 is 4.74 Å². The van der Waals surface area contributed by atoms with E-state index in [9.17, 15) is 0 Å². The van der Waals surface area contributed by atoms with Crippen LogP contribution in [0.25, 0.3) is 0 Å². The topological polar surface area (TPSA) is 9.23 Å². The lowest BCUT2D eigenvalue weighted by atomic mass is 9.96. The van der Waals surface area contributed by atoms with Gasteiger partial charge in [-0.25, -0.2) is 0 Å². The molecule has 2 rings (SSSR count). The molecule has 0 bridgehead atoms. The van der Waals surface area contributed by atoms with Gasteiger partial charge in [0.2, 0.25) is 0 Å². The third kappa shape index (κ3) is 10.8. The van der Waals surface area contributed by atoms with Crippen molar-refractivity contribution in [1.29, 1.82) is 0 Å². The first kappa shape index (κ1) is 29.5. The molecular weight excluding hydrogens is 424 g/mol. The minimum absolute atomic E-state index is 1.07. The number of hydrogen-bond acceptors (Lipinski definition) is 1. The summed E-state index contributed by atoms with van der Waals surface area (Å²) in [5.41, 5.74) is 5.78. The molecule has 0 radical (unpaired) electrons. The predicted octanol–water partition coefficient (Wildman–Crippen LogP) is 11.2. The van der Waals surface area contributed by atoms with Gasteiger partial charge in [-0.3, -0.25) is 0 Å². The minimum Gasteiger partial charge on any atom is -0.457 e. The lowest BCUT2D eigenvalue weighted by Gasteiger charge is -2.19. The van der Waals surface area contributed by atoms with Crippen LogP contribution in [0.2, 0.25) is 0 Å². The first-order chi connectivity index (χ1) is 17.2. The van der Waals surface area contributed by atoms with Crippen molar-refractivity contribution in [2.24, 2.45) is 0 Å². The molecule has 0 saturated carbocycles. The standard InChI is InChI=1S/C34H54O/c1-5-9-11-13-15-17-19-25-31-29(7-3)23-21-27-33(31)35-34-28-22-24-30(8-4)32(34)26-20-18-16-14-12-10-6-2/h21-24,27-28H,5-20,25-26H2,1-4H3. The number of ether oxygens (including phenoxy) is 1. The number of benzene rings is 2. The van der Waals surface area contributed by atoms with Gasteiger partial charge in [-0.15, -0.1) is 0 Å². The molecule has 1 heteroatoms. The van der Waals surface area contributed by atoms with E-state index in [-0.39, 0.29) is 0 Å². The van der Waals surface area contributed by atoms with Gasteiger partial charge >= 0.3 is 0 Å². The van der Waals surface area contributed by atoms with Gasteiger partial charge in [0.05, 0.1) is 0 Å². The highest BCUT2D eigenvalue weighted by Crippen LogP contribution is 2.34. The van der Waals surface area contributed by atoms with Gasteiger partial charge in [0, 0.05) is 0 Å². The van der Waals surface area contributed by atoms with E-state index >= 15 is 0 Å². The predicted molar refractivity (Wildman–Crippen MR) is 155 cm³/mol. The first-order valence-corrected chi connectivity index (χ1v) is 15.1. The highest BCUT2D eigenvalue weighted by molar-refractivity contribution is 5.47. The Hall–Kier alpha value is -1.76. The Labute approximate surface area is 218 Å². The van der Waals surface area contributed by atoms with Gasteiger partial charge in [-0.1, -0.05) is 129 Å². The summed E-state index contributed by atoms with van der Waals surface area (Å²) in [6.45, 7) is 9.13. The quantitative estimate of drug-likeness (QED) is 0.172. The molecule has 0 atom stereocenters. The van der Waals surface area contributed by atoms with Gasteiger partial charge in [-0.05, 0) is 72.9 Å². The van der Waals surface area contributed by atoms with E-state index in [1.165, 1.54) is 112 Å². The molecule has 35 heavy (non-hydrogen) atoms. The molecule has 0 aromatic heterocycles. The fourth-order valence-electron chi connectivity index (χ4n) is 5.28. The molecular formula is C34H54O. The summed E-state index contributed by atoms with van der Waals surface area (Å²) >= 11 is 0. The van der Waals surface area contributed by atoms with Gasteiger partial charge in [0.25, 0.3) is 0 Å². The van der Waals surface area contributed by atoms with Crippen LogP contribution in [0.5, 0.6) is 11.5 Å². The zero-order valence-corrected chi connectivity index (χ0v) is 23.6. The second-order valence-electron chi connectivity index (χ2n) is 10.3. The second kappa shape index (κ2) is 18.5. The molecule has 0 aliphatic carbocycles. The molecule has 0 spiro atoms. The van der Waals surface area contributed by atoms with Crippen molar-refractivity contribution in [1.82, 2.24) is 0 Å². The summed E-state index contributed by atoms with van der Waals surface area (Å²) < 4.78 is 6.75. The van der Waals surface area contributed by atoms with Crippen LogP contribution in [-0.4, -0.2) is 0 Å². The summed E-state index contributed by atoms with van der Waals surface area (Å²) in [5.74, 6) is 2.17. The first-order valence-electron chi connectivity index (χ1n) is 15.1. The maximum atomic E-state index is 6.75. The molecule has 196 valence electrons. The highest BCUT2D eigenvalue weighted by Gasteiger charge is 2.14. The SMILES string of the molecule is CCCCCCCCCc1c(CC)cccc1Oc1cccc(CC)c1CCCCCCCCC. The Morgan fingerprint density at radius 2 is 0.829 bits per heavy atom. The maximum Gasteiger partial charge on any atom is 0.130 e. The van der Waals surface area contributed by atoms with Crippen LogP contribution in [0.15, 0.2) is 36.4 Å². The van der Waals surface area contributed by atoms with Crippen LogP contribution < -0.4 is 4.74 Å². The monoisotopic (exact) mass is 478 g/mol. The van der Waals surface area contributed by atoms with Crippen molar-refractivity contribution in [3.05, 3.63) is 58.7 Å². The molecule has 0 amide bonds. The normalized spacial score (nSPS) is 11.2. The number of unbranched alkanes of at least 4 members (excludes halogenated alkanes) is 12. The molecule has 2 aromatic rings. The third-order valence-corrected chi connectivity index (χ3v) is 7.50. The van der Waals surface area contributed by atoms with Crippen molar-refractivity contribution >= 4 is 0 Å². The van der Waals surface area contributed by atoms with Gasteiger partial charge in [0.15, 0.2) is 0 Å². The Bertz CT molecular complexity index is 739. The van der Waals surface area contributed by atoms with Crippen LogP contribution in [0.4, 0.5) is 0 Å². The number of hydrogen-bond donors (Lipinski definition) is 0. The fraction of sp³-hybridized carbons (Fsp3) is 0.647. The smallest absolute Gasteiger partial charge is 0.130 e. The van der Waals surface area contributed by atoms with Crippen LogP contribution in [0.1, 0.15) is 140 Å². The lowest BCUT2D eigenvalue weighted by Crippen LogP contribution is -2.02. The van der Waals surface area contributed by atoms with Crippen molar-refractivity contribution in [3.63, 3.8) is 0 Å². The average molecular weight is 479 g/mol. The zero-order chi connectivity index (χ0) is 25.1. The number of rotatable bonds is 20. The fourth-order valence-corrected chi connectivity index (χ4v) is 5.28. The Kier molecular flexibility index (Phi) is 15.6. The van der Waals surface area contributed by atoms with Crippen LogP contribution in [0.3, 0.4) is 0 Å². The summed E-state index contributed by atoms with van der Waals surface area (Å²) in [7, 11) is 0. The lowest BCUT2D eigenvalue weighted by molar-refractivity contribution is 0.464. The van der Waals surface area contributed by atoms with Crippen LogP contribution in [0, 0.1) is 0 Å². The Morgan fingerprint density at radius 3 is 1.20 bits per heavy atom. The van der Waals surface area contributed by atoms with Crippen molar-refractivity contribution in [2.75, 3.05) is 0 Å². The molecule has 0 fully saturated rings. The van der Waals surface area contributed by atoms with E-state index in [2.05, 4.69) is 64.1 Å². The molecule has 2 aromatic carbocycles.